The first-order valence-electron chi connectivity index (χ1n) is 6.23. The Labute approximate surface area is 122 Å². The molecule has 0 spiro atoms. The second-order valence-electron chi connectivity index (χ2n) is 4.71. The quantitative estimate of drug-likeness (QED) is 0.937. The lowest BCUT2D eigenvalue weighted by Gasteiger charge is -2.21. The van der Waals surface area contributed by atoms with E-state index in [0.29, 0.717) is 0 Å². The van der Waals surface area contributed by atoms with Gasteiger partial charge >= 0.3 is 0 Å². The van der Waals surface area contributed by atoms with Gasteiger partial charge in [0, 0.05) is 36.5 Å². The largest absolute Gasteiger partial charge is 0.369 e. The minimum absolute atomic E-state index is 0.0517. The highest BCUT2D eigenvalue weighted by atomic mass is 79.9. The van der Waals surface area contributed by atoms with E-state index in [1.54, 1.807) is 0 Å². The van der Waals surface area contributed by atoms with Gasteiger partial charge in [-0.25, -0.2) is 0 Å². The summed E-state index contributed by atoms with van der Waals surface area (Å²) in [6.45, 7) is 2.83. The van der Waals surface area contributed by atoms with Crippen molar-refractivity contribution in [3.05, 3.63) is 58.3 Å². The second-order valence-corrected chi connectivity index (χ2v) is 5.57. The van der Waals surface area contributed by atoms with Gasteiger partial charge in [-0.2, -0.15) is 0 Å². The summed E-state index contributed by atoms with van der Waals surface area (Å²) in [6, 6.07) is 10.4. The number of hydrogen-bond donors (Lipinski definition) is 1. The molecule has 0 aliphatic heterocycles. The van der Waals surface area contributed by atoms with Crippen LogP contribution in [-0.2, 0) is 6.54 Å². The Morgan fingerprint density at radius 3 is 2.53 bits per heavy atom. The normalized spacial score (nSPS) is 12.2. The van der Waals surface area contributed by atoms with E-state index in [-0.39, 0.29) is 6.04 Å². The van der Waals surface area contributed by atoms with E-state index in [2.05, 4.69) is 51.1 Å². The molecular weight excluding hydrogens is 302 g/mol. The molecule has 3 nitrogen and oxygen atoms in total. The highest BCUT2D eigenvalue weighted by Crippen LogP contribution is 2.29. The molecule has 100 valence electrons. The Morgan fingerprint density at radius 2 is 1.95 bits per heavy atom. The molecule has 0 aliphatic carbocycles. The molecule has 2 aromatic rings. The first-order valence-corrected chi connectivity index (χ1v) is 7.02. The molecule has 2 rings (SSSR count). The molecule has 1 heterocycles. The van der Waals surface area contributed by atoms with Gasteiger partial charge in [0.15, 0.2) is 0 Å². The first-order chi connectivity index (χ1) is 9.08. The predicted molar refractivity (Wildman–Crippen MR) is 83.1 cm³/mol. The van der Waals surface area contributed by atoms with Crippen LogP contribution in [0.5, 0.6) is 0 Å². The van der Waals surface area contributed by atoms with Crippen molar-refractivity contribution in [2.45, 2.75) is 19.5 Å². The van der Waals surface area contributed by atoms with Crippen molar-refractivity contribution in [1.82, 2.24) is 4.98 Å². The number of hydrogen-bond acceptors (Lipinski definition) is 3. The molecule has 0 saturated heterocycles. The monoisotopic (exact) mass is 319 g/mol. The van der Waals surface area contributed by atoms with Crippen LogP contribution in [0.15, 0.2) is 47.2 Å². The van der Waals surface area contributed by atoms with Gasteiger partial charge in [-0.15, -0.1) is 0 Å². The SMILES string of the molecule is CC(N)c1ccc(N(C)Cc2ccncc2)c(Br)c1. The molecule has 0 bridgehead atoms. The van der Waals surface area contributed by atoms with Crippen molar-refractivity contribution in [3.63, 3.8) is 0 Å². The van der Waals surface area contributed by atoms with Crippen LogP contribution in [0.4, 0.5) is 5.69 Å². The number of pyridine rings is 1. The summed E-state index contributed by atoms with van der Waals surface area (Å²) in [5, 5.41) is 0. The van der Waals surface area contributed by atoms with Gasteiger partial charge in [0.25, 0.3) is 0 Å². The molecule has 1 aromatic carbocycles. The van der Waals surface area contributed by atoms with Crippen molar-refractivity contribution in [2.24, 2.45) is 5.73 Å². The summed E-state index contributed by atoms with van der Waals surface area (Å²) >= 11 is 3.62. The highest BCUT2D eigenvalue weighted by molar-refractivity contribution is 9.10. The topological polar surface area (TPSA) is 42.1 Å². The van der Waals surface area contributed by atoms with Crippen LogP contribution in [-0.4, -0.2) is 12.0 Å². The molecule has 0 saturated carbocycles. The van der Waals surface area contributed by atoms with E-state index < -0.39 is 0 Å². The number of benzene rings is 1. The van der Waals surface area contributed by atoms with Crippen LogP contribution < -0.4 is 10.6 Å². The van der Waals surface area contributed by atoms with Gasteiger partial charge in [0.1, 0.15) is 0 Å². The molecule has 19 heavy (non-hydrogen) atoms. The first kappa shape index (κ1) is 14.0. The van der Waals surface area contributed by atoms with E-state index in [4.69, 9.17) is 5.73 Å². The van der Waals surface area contributed by atoms with Gasteiger partial charge in [-0.3, -0.25) is 4.98 Å². The molecule has 1 unspecified atom stereocenters. The zero-order valence-electron chi connectivity index (χ0n) is 11.2. The standard InChI is InChI=1S/C15H18BrN3/c1-11(17)13-3-4-15(14(16)9-13)19(2)10-12-5-7-18-8-6-12/h3-9,11H,10,17H2,1-2H3. The zero-order chi connectivity index (χ0) is 13.8. The van der Waals surface area contributed by atoms with Crippen LogP contribution in [0.2, 0.25) is 0 Å². The lowest BCUT2D eigenvalue weighted by molar-refractivity contribution is 0.816. The lowest BCUT2D eigenvalue weighted by atomic mass is 10.1. The van der Waals surface area contributed by atoms with E-state index >= 15 is 0 Å². The third kappa shape index (κ3) is 3.55. The molecule has 2 N–H and O–H groups in total. The maximum Gasteiger partial charge on any atom is 0.0511 e. The minimum atomic E-state index is 0.0517. The van der Waals surface area contributed by atoms with Gasteiger partial charge in [-0.1, -0.05) is 6.07 Å². The second kappa shape index (κ2) is 6.17. The van der Waals surface area contributed by atoms with E-state index in [9.17, 15) is 0 Å². The summed E-state index contributed by atoms with van der Waals surface area (Å²) in [5.74, 6) is 0. The van der Waals surface area contributed by atoms with Crippen molar-refractivity contribution >= 4 is 21.6 Å². The Kier molecular flexibility index (Phi) is 4.56. The summed E-state index contributed by atoms with van der Waals surface area (Å²) in [7, 11) is 2.08. The van der Waals surface area contributed by atoms with Crippen LogP contribution in [0.1, 0.15) is 24.1 Å². The predicted octanol–water partition coefficient (Wildman–Crippen LogP) is 3.50. The fraction of sp³-hybridized carbons (Fsp3) is 0.267. The Balaban J connectivity index is 2.17. The van der Waals surface area contributed by atoms with Gasteiger partial charge in [0.05, 0.1) is 5.69 Å². The Morgan fingerprint density at radius 1 is 1.26 bits per heavy atom. The number of halogens is 1. The smallest absolute Gasteiger partial charge is 0.0511 e. The van der Waals surface area contributed by atoms with Crippen LogP contribution in [0, 0.1) is 0 Å². The van der Waals surface area contributed by atoms with Crippen molar-refractivity contribution in [3.8, 4) is 0 Å². The summed E-state index contributed by atoms with van der Waals surface area (Å²) in [6.07, 6.45) is 3.63. The van der Waals surface area contributed by atoms with Crippen LogP contribution in [0.25, 0.3) is 0 Å². The number of nitrogens with zero attached hydrogens (tertiary/aromatic N) is 2. The van der Waals surface area contributed by atoms with Gasteiger partial charge in [0.2, 0.25) is 0 Å². The fourth-order valence-electron chi connectivity index (χ4n) is 1.96. The molecule has 0 amide bonds. The Hall–Kier alpha value is -1.39. The number of aromatic nitrogens is 1. The molecule has 1 atom stereocenters. The molecule has 0 fully saturated rings. The fourth-order valence-corrected chi connectivity index (χ4v) is 2.66. The number of nitrogens with two attached hydrogens (primary N) is 1. The average molecular weight is 320 g/mol. The van der Waals surface area contributed by atoms with Crippen molar-refractivity contribution in [1.29, 1.82) is 0 Å². The number of anilines is 1. The maximum atomic E-state index is 5.89. The Bertz CT molecular complexity index is 540. The highest BCUT2D eigenvalue weighted by Gasteiger charge is 2.08. The van der Waals surface area contributed by atoms with E-state index in [0.717, 1.165) is 22.3 Å². The molecule has 0 radical (unpaired) electrons. The summed E-state index contributed by atoms with van der Waals surface area (Å²) in [5.41, 5.74) is 9.41. The van der Waals surface area contributed by atoms with Crippen LogP contribution in [0.3, 0.4) is 0 Å². The average Bonchev–Trinajstić information content (AvgIpc) is 2.39. The summed E-state index contributed by atoms with van der Waals surface area (Å²) < 4.78 is 1.07. The van der Waals surface area contributed by atoms with Crippen molar-refractivity contribution < 1.29 is 0 Å². The van der Waals surface area contributed by atoms with E-state index in [1.165, 1.54) is 5.56 Å². The minimum Gasteiger partial charge on any atom is -0.369 e. The third-order valence-corrected chi connectivity index (χ3v) is 3.71. The van der Waals surface area contributed by atoms with Crippen molar-refractivity contribution in [2.75, 3.05) is 11.9 Å². The third-order valence-electron chi connectivity index (χ3n) is 3.08. The maximum absolute atomic E-state index is 5.89. The van der Waals surface area contributed by atoms with Crippen LogP contribution >= 0.6 is 15.9 Å². The molecule has 4 heteroatoms. The van der Waals surface area contributed by atoms with Gasteiger partial charge in [-0.05, 0) is 58.2 Å². The lowest BCUT2D eigenvalue weighted by Crippen LogP contribution is -2.17. The zero-order valence-corrected chi connectivity index (χ0v) is 12.8. The molecule has 1 aromatic heterocycles. The molecular formula is C15H18BrN3. The van der Waals surface area contributed by atoms with Gasteiger partial charge < -0.3 is 10.6 Å². The number of rotatable bonds is 4. The summed E-state index contributed by atoms with van der Waals surface area (Å²) in [4.78, 5) is 6.23. The molecule has 0 aliphatic rings. The van der Waals surface area contributed by atoms with E-state index in [1.807, 2.05) is 31.5 Å².